The predicted molar refractivity (Wildman–Crippen MR) is 80.2 cm³/mol. The Morgan fingerprint density at radius 2 is 2.42 bits per heavy atom. The lowest BCUT2D eigenvalue weighted by Gasteiger charge is -2.05. The molecule has 1 aliphatic carbocycles. The molecule has 3 rings (SSSR count). The fourth-order valence-corrected chi connectivity index (χ4v) is 3.27. The van der Waals surface area contributed by atoms with Gasteiger partial charge in [0.15, 0.2) is 0 Å². The van der Waals surface area contributed by atoms with Gasteiger partial charge in [0.1, 0.15) is 0 Å². The number of aromatic nitrogens is 2. The van der Waals surface area contributed by atoms with Crippen LogP contribution in [0.15, 0.2) is 35.4 Å². The zero-order valence-corrected chi connectivity index (χ0v) is 11.8. The van der Waals surface area contributed by atoms with Crippen molar-refractivity contribution < 1.29 is 0 Å². The lowest BCUT2D eigenvalue weighted by Crippen LogP contribution is -2.15. The molecule has 19 heavy (non-hydrogen) atoms. The average molecular weight is 273 g/mol. The molecule has 2 aromatic heterocycles. The number of nitrogens with one attached hydrogen (secondary N) is 2. The molecule has 0 atom stereocenters. The van der Waals surface area contributed by atoms with Crippen molar-refractivity contribution in [1.82, 2.24) is 15.5 Å². The number of hydrogen-bond donors (Lipinski definition) is 2. The number of allylic oxidation sites excluding steroid dienone is 1. The normalized spacial score (nSPS) is 14.8. The van der Waals surface area contributed by atoms with Gasteiger partial charge >= 0.3 is 0 Å². The van der Waals surface area contributed by atoms with Crippen LogP contribution in [0, 0.1) is 0 Å². The second-order valence-electron chi connectivity index (χ2n) is 4.93. The van der Waals surface area contributed by atoms with Crippen molar-refractivity contribution in [3.05, 3.63) is 40.9 Å². The highest BCUT2D eigenvalue weighted by Gasteiger charge is 2.08. The van der Waals surface area contributed by atoms with Crippen molar-refractivity contribution in [1.29, 1.82) is 0 Å². The topological polar surface area (TPSA) is 40.7 Å². The number of H-pyrrole nitrogens is 1. The Kier molecular flexibility index (Phi) is 4.10. The molecule has 2 aromatic rings. The molecule has 0 amide bonds. The summed E-state index contributed by atoms with van der Waals surface area (Å²) < 4.78 is 0. The van der Waals surface area contributed by atoms with E-state index in [9.17, 15) is 0 Å². The van der Waals surface area contributed by atoms with Crippen molar-refractivity contribution in [2.75, 3.05) is 6.54 Å². The molecular weight excluding hydrogens is 254 g/mol. The van der Waals surface area contributed by atoms with E-state index in [1.807, 2.05) is 6.20 Å². The van der Waals surface area contributed by atoms with Gasteiger partial charge in [-0.15, -0.1) is 11.3 Å². The first kappa shape index (κ1) is 12.6. The van der Waals surface area contributed by atoms with Gasteiger partial charge < -0.3 is 5.32 Å². The van der Waals surface area contributed by atoms with Crippen molar-refractivity contribution in [2.45, 2.75) is 32.2 Å². The largest absolute Gasteiger partial charge is 0.312 e. The van der Waals surface area contributed by atoms with Gasteiger partial charge in [0.2, 0.25) is 0 Å². The van der Waals surface area contributed by atoms with E-state index in [0.29, 0.717) is 0 Å². The zero-order chi connectivity index (χ0) is 12.9. The number of aromatic amines is 1. The Hall–Kier alpha value is -1.39. The summed E-state index contributed by atoms with van der Waals surface area (Å²) in [5.74, 6) is 0. The van der Waals surface area contributed by atoms with Crippen molar-refractivity contribution >= 4 is 11.3 Å². The van der Waals surface area contributed by atoms with Crippen LogP contribution in [0.2, 0.25) is 0 Å². The molecule has 0 spiro atoms. The number of nitrogens with zero attached hydrogens (tertiary/aromatic N) is 1. The van der Waals surface area contributed by atoms with Crippen LogP contribution < -0.4 is 5.32 Å². The molecule has 0 saturated heterocycles. The van der Waals surface area contributed by atoms with E-state index < -0.39 is 0 Å². The standard InChI is InChI=1S/C15H19N3S/c1-2-5-12(4-1)7-8-16-10-13-11-17-18-15(13)14-6-3-9-19-14/h3-4,6,9,11,16H,1-2,5,7-8,10H2,(H,17,18). The van der Waals surface area contributed by atoms with E-state index in [4.69, 9.17) is 0 Å². The minimum atomic E-state index is 0.886. The Morgan fingerprint density at radius 1 is 1.42 bits per heavy atom. The van der Waals surface area contributed by atoms with Crippen molar-refractivity contribution in [3.63, 3.8) is 0 Å². The Bertz CT molecular complexity index is 540. The summed E-state index contributed by atoms with van der Waals surface area (Å²) >= 11 is 1.75. The second kappa shape index (κ2) is 6.17. The Balaban J connectivity index is 1.52. The fourth-order valence-electron chi connectivity index (χ4n) is 2.52. The number of hydrogen-bond acceptors (Lipinski definition) is 3. The van der Waals surface area contributed by atoms with E-state index in [-0.39, 0.29) is 0 Å². The summed E-state index contributed by atoms with van der Waals surface area (Å²) in [7, 11) is 0. The second-order valence-corrected chi connectivity index (χ2v) is 5.88. The molecule has 2 heterocycles. The molecule has 0 aliphatic heterocycles. The molecule has 0 unspecified atom stereocenters. The summed E-state index contributed by atoms with van der Waals surface area (Å²) in [5, 5.41) is 12.9. The lowest BCUT2D eigenvalue weighted by atomic mass is 10.1. The highest BCUT2D eigenvalue weighted by molar-refractivity contribution is 7.13. The first-order valence-electron chi connectivity index (χ1n) is 6.88. The summed E-state index contributed by atoms with van der Waals surface area (Å²) in [4.78, 5) is 1.26. The molecular formula is C15H19N3S. The number of thiophene rings is 1. The van der Waals surface area contributed by atoms with Crippen LogP contribution in [0.3, 0.4) is 0 Å². The smallest absolute Gasteiger partial charge is 0.0794 e. The van der Waals surface area contributed by atoms with Gasteiger partial charge in [0.05, 0.1) is 16.8 Å². The summed E-state index contributed by atoms with van der Waals surface area (Å²) in [6, 6.07) is 4.20. The monoisotopic (exact) mass is 273 g/mol. The fraction of sp³-hybridized carbons (Fsp3) is 0.400. The SMILES string of the molecule is C1=C(CCNCc2cn[nH]c2-c2cccs2)CCC1. The van der Waals surface area contributed by atoms with Crippen LogP contribution in [0.5, 0.6) is 0 Å². The molecule has 2 N–H and O–H groups in total. The lowest BCUT2D eigenvalue weighted by molar-refractivity contribution is 0.677. The van der Waals surface area contributed by atoms with Crippen LogP contribution in [0.4, 0.5) is 0 Å². The first-order chi connectivity index (χ1) is 9.43. The van der Waals surface area contributed by atoms with Gasteiger partial charge in [-0.05, 0) is 43.7 Å². The average Bonchev–Trinajstić information content (AvgIpc) is 3.15. The van der Waals surface area contributed by atoms with Crippen LogP contribution in [-0.4, -0.2) is 16.7 Å². The Labute approximate surface area is 117 Å². The van der Waals surface area contributed by atoms with E-state index >= 15 is 0 Å². The maximum absolute atomic E-state index is 4.16. The van der Waals surface area contributed by atoms with Crippen LogP contribution in [0.25, 0.3) is 10.6 Å². The van der Waals surface area contributed by atoms with Gasteiger partial charge in [0.25, 0.3) is 0 Å². The van der Waals surface area contributed by atoms with Crippen LogP contribution in [-0.2, 0) is 6.54 Å². The predicted octanol–water partition coefficient (Wildman–Crippen LogP) is 3.73. The quantitative estimate of drug-likeness (QED) is 0.622. The van der Waals surface area contributed by atoms with Crippen LogP contribution in [0.1, 0.15) is 31.2 Å². The summed E-state index contributed by atoms with van der Waals surface area (Å²) in [6.07, 6.45) is 9.44. The van der Waals surface area contributed by atoms with Gasteiger partial charge in [-0.25, -0.2) is 0 Å². The molecule has 0 bridgehead atoms. The maximum Gasteiger partial charge on any atom is 0.0794 e. The molecule has 3 nitrogen and oxygen atoms in total. The van der Waals surface area contributed by atoms with E-state index in [1.54, 1.807) is 16.9 Å². The highest BCUT2D eigenvalue weighted by atomic mass is 32.1. The molecule has 4 heteroatoms. The molecule has 0 aromatic carbocycles. The summed E-state index contributed by atoms with van der Waals surface area (Å²) in [6.45, 7) is 1.94. The minimum Gasteiger partial charge on any atom is -0.312 e. The minimum absolute atomic E-state index is 0.886. The molecule has 100 valence electrons. The molecule has 1 aliphatic rings. The van der Waals surface area contributed by atoms with Crippen LogP contribution >= 0.6 is 11.3 Å². The Morgan fingerprint density at radius 3 is 3.21 bits per heavy atom. The molecule has 0 radical (unpaired) electrons. The van der Waals surface area contributed by atoms with Gasteiger partial charge in [-0.2, -0.15) is 5.10 Å². The van der Waals surface area contributed by atoms with E-state index in [0.717, 1.165) is 18.8 Å². The third-order valence-corrected chi connectivity index (χ3v) is 4.45. The molecule has 0 saturated carbocycles. The van der Waals surface area contributed by atoms with Crippen molar-refractivity contribution in [2.24, 2.45) is 0 Å². The highest BCUT2D eigenvalue weighted by Crippen LogP contribution is 2.25. The van der Waals surface area contributed by atoms with E-state index in [2.05, 4.69) is 39.1 Å². The van der Waals surface area contributed by atoms with Gasteiger partial charge in [-0.3, -0.25) is 5.10 Å². The van der Waals surface area contributed by atoms with Crippen molar-refractivity contribution in [3.8, 4) is 10.6 Å². The number of rotatable bonds is 6. The zero-order valence-electron chi connectivity index (χ0n) is 11.0. The third-order valence-electron chi connectivity index (χ3n) is 3.56. The van der Waals surface area contributed by atoms with E-state index in [1.165, 1.54) is 36.1 Å². The third kappa shape index (κ3) is 3.14. The maximum atomic E-state index is 4.16. The molecule has 0 fully saturated rings. The van der Waals surface area contributed by atoms with Gasteiger partial charge in [0, 0.05) is 12.1 Å². The summed E-state index contributed by atoms with van der Waals surface area (Å²) in [5.41, 5.74) is 4.03. The van der Waals surface area contributed by atoms with Gasteiger partial charge in [-0.1, -0.05) is 17.7 Å². The first-order valence-corrected chi connectivity index (χ1v) is 7.76.